The highest BCUT2D eigenvalue weighted by molar-refractivity contribution is 5.89. The van der Waals surface area contributed by atoms with Crippen LogP contribution in [-0.4, -0.2) is 17.0 Å². The first-order valence-corrected chi connectivity index (χ1v) is 6.58. The molecular weight excluding hydrogens is 265 g/mol. The van der Waals surface area contributed by atoms with E-state index >= 15 is 0 Å². The standard InChI is InChI=1S/C13H16FN3O3/c14-11-8-10(6-7-12(11)17(19)20)16-13(18)15-9-4-2-1-3-5-9/h6-9H,1-5H2,(H2,15,16,18). The smallest absolute Gasteiger partial charge is 0.319 e. The number of nitro groups is 1. The number of benzene rings is 1. The third-order valence-electron chi connectivity index (χ3n) is 3.34. The highest BCUT2D eigenvalue weighted by Crippen LogP contribution is 2.21. The first-order chi connectivity index (χ1) is 9.56. The van der Waals surface area contributed by atoms with Crippen molar-refractivity contribution < 1.29 is 14.1 Å². The van der Waals surface area contributed by atoms with E-state index in [1.807, 2.05) is 0 Å². The maximum atomic E-state index is 13.4. The van der Waals surface area contributed by atoms with Crippen LogP contribution in [0, 0.1) is 15.9 Å². The average molecular weight is 281 g/mol. The number of halogens is 1. The molecule has 20 heavy (non-hydrogen) atoms. The molecule has 2 rings (SSSR count). The quantitative estimate of drug-likeness (QED) is 0.659. The van der Waals surface area contributed by atoms with Gasteiger partial charge in [0.05, 0.1) is 4.92 Å². The molecule has 1 fully saturated rings. The maximum Gasteiger partial charge on any atom is 0.319 e. The lowest BCUT2D eigenvalue weighted by atomic mass is 9.96. The van der Waals surface area contributed by atoms with Gasteiger partial charge in [0.1, 0.15) is 0 Å². The number of nitrogens with zero attached hydrogens (tertiary/aromatic N) is 1. The van der Waals surface area contributed by atoms with Gasteiger partial charge < -0.3 is 10.6 Å². The Morgan fingerprint density at radius 2 is 2.00 bits per heavy atom. The minimum Gasteiger partial charge on any atom is -0.335 e. The SMILES string of the molecule is O=C(Nc1ccc([N+](=O)[O-])c(F)c1)NC1CCCCC1. The molecule has 0 spiro atoms. The summed E-state index contributed by atoms with van der Waals surface area (Å²) in [5, 5.41) is 15.8. The van der Waals surface area contributed by atoms with Crippen LogP contribution in [0.15, 0.2) is 18.2 Å². The topological polar surface area (TPSA) is 84.3 Å². The number of hydrogen-bond acceptors (Lipinski definition) is 3. The van der Waals surface area contributed by atoms with Gasteiger partial charge in [-0.2, -0.15) is 4.39 Å². The number of anilines is 1. The van der Waals surface area contributed by atoms with E-state index in [9.17, 15) is 19.3 Å². The van der Waals surface area contributed by atoms with Gasteiger partial charge >= 0.3 is 11.7 Å². The number of amides is 2. The van der Waals surface area contributed by atoms with Crippen molar-refractivity contribution in [2.24, 2.45) is 0 Å². The summed E-state index contributed by atoms with van der Waals surface area (Å²) in [5.74, 6) is -0.967. The highest BCUT2D eigenvalue weighted by atomic mass is 19.1. The van der Waals surface area contributed by atoms with Crippen LogP contribution in [0.2, 0.25) is 0 Å². The van der Waals surface area contributed by atoms with Gasteiger partial charge in [0.15, 0.2) is 0 Å². The zero-order valence-corrected chi connectivity index (χ0v) is 10.9. The third kappa shape index (κ3) is 3.66. The zero-order chi connectivity index (χ0) is 14.5. The number of carbonyl (C=O) groups excluding carboxylic acids is 1. The molecule has 6 nitrogen and oxygen atoms in total. The van der Waals surface area contributed by atoms with Crippen LogP contribution in [0.3, 0.4) is 0 Å². The van der Waals surface area contributed by atoms with Gasteiger partial charge in [-0.05, 0) is 18.9 Å². The van der Waals surface area contributed by atoms with E-state index in [0.717, 1.165) is 37.8 Å². The molecule has 0 radical (unpaired) electrons. The molecule has 7 heteroatoms. The normalized spacial score (nSPS) is 15.7. The van der Waals surface area contributed by atoms with Crippen molar-refractivity contribution >= 4 is 17.4 Å². The van der Waals surface area contributed by atoms with E-state index < -0.39 is 22.5 Å². The predicted octanol–water partition coefficient (Wildman–Crippen LogP) is 3.19. The van der Waals surface area contributed by atoms with Crippen molar-refractivity contribution in [3.63, 3.8) is 0 Å². The molecule has 0 aliphatic heterocycles. The Balaban J connectivity index is 1.93. The molecule has 0 unspecified atom stereocenters. The second kappa shape index (κ2) is 6.31. The summed E-state index contributed by atoms with van der Waals surface area (Å²) in [6, 6.07) is 3.02. The van der Waals surface area contributed by atoms with Crippen molar-refractivity contribution in [1.29, 1.82) is 0 Å². The minimum atomic E-state index is -0.967. The van der Waals surface area contributed by atoms with Crippen LogP contribution in [0.4, 0.5) is 20.6 Å². The van der Waals surface area contributed by atoms with Crippen molar-refractivity contribution in [2.75, 3.05) is 5.32 Å². The molecule has 1 aliphatic rings. The lowest BCUT2D eigenvalue weighted by Gasteiger charge is -2.22. The summed E-state index contributed by atoms with van der Waals surface area (Å²) in [6.07, 6.45) is 5.27. The van der Waals surface area contributed by atoms with Crippen LogP contribution in [-0.2, 0) is 0 Å². The summed E-state index contributed by atoms with van der Waals surface area (Å²) < 4.78 is 13.4. The molecule has 1 aromatic rings. The van der Waals surface area contributed by atoms with E-state index in [-0.39, 0.29) is 11.7 Å². The van der Waals surface area contributed by atoms with E-state index in [4.69, 9.17) is 0 Å². The van der Waals surface area contributed by atoms with E-state index in [0.29, 0.717) is 0 Å². The fourth-order valence-corrected chi connectivity index (χ4v) is 2.33. The molecule has 1 aromatic carbocycles. The van der Waals surface area contributed by atoms with Gasteiger partial charge in [0.25, 0.3) is 0 Å². The number of rotatable bonds is 3. The van der Waals surface area contributed by atoms with Crippen LogP contribution in [0.25, 0.3) is 0 Å². The Hall–Kier alpha value is -2.18. The van der Waals surface area contributed by atoms with Crippen LogP contribution < -0.4 is 10.6 Å². The molecule has 0 heterocycles. The van der Waals surface area contributed by atoms with Crippen LogP contribution >= 0.6 is 0 Å². The third-order valence-corrected chi connectivity index (χ3v) is 3.34. The molecular formula is C13H16FN3O3. The number of urea groups is 1. The zero-order valence-electron chi connectivity index (χ0n) is 10.9. The molecule has 0 saturated heterocycles. The molecule has 2 amide bonds. The monoisotopic (exact) mass is 281 g/mol. The average Bonchev–Trinajstić information content (AvgIpc) is 2.39. The van der Waals surface area contributed by atoms with Gasteiger partial charge in [-0.25, -0.2) is 4.79 Å². The Morgan fingerprint density at radius 1 is 1.30 bits per heavy atom. The molecule has 1 aliphatic carbocycles. The number of nitro benzene ring substituents is 1. The first-order valence-electron chi connectivity index (χ1n) is 6.58. The van der Waals surface area contributed by atoms with Gasteiger partial charge in [-0.3, -0.25) is 10.1 Å². The maximum absolute atomic E-state index is 13.4. The van der Waals surface area contributed by atoms with Gasteiger partial charge in [0, 0.05) is 23.9 Å². The van der Waals surface area contributed by atoms with Crippen molar-refractivity contribution in [3.05, 3.63) is 34.1 Å². The van der Waals surface area contributed by atoms with E-state index in [2.05, 4.69) is 10.6 Å². The minimum absolute atomic E-state index is 0.145. The van der Waals surface area contributed by atoms with Crippen LogP contribution in [0.1, 0.15) is 32.1 Å². The summed E-state index contributed by atoms with van der Waals surface area (Å²) in [5.41, 5.74) is -0.412. The fraction of sp³-hybridized carbons (Fsp3) is 0.462. The second-order valence-electron chi connectivity index (χ2n) is 4.86. The largest absolute Gasteiger partial charge is 0.335 e. The number of hydrogen-bond donors (Lipinski definition) is 2. The van der Waals surface area contributed by atoms with Gasteiger partial charge in [-0.1, -0.05) is 19.3 Å². The van der Waals surface area contributed by atoms with Gasteiger partial charge in [0.2, 0.25) is 5.82 Å². The Labute approximate surface area is 115 Å². The molecule has 108 valence electrons. The summed E-state index contributed by atoms with van der Waals surface area (Å²) in [7, 11) is 0. The van der Waals surface area contributed by atoms with Gasteiger partial charge in [-0.15, -0.1) is 0 Å². The van der Waals surface area contributed by atoms with Crippen LogP contribution in [0.5, 0.6) is 0 Å². The predicted molar refractivity (Wildman–Crippen MR) is 72.1 cm³/mol. The highest BCUT2D eigenvalue weighted by Gasteiger charge is 2.17. The fourth-order valence-electron chi connectivity index (χ4n) is 2.33. The summed E-state index contributed by atoms with van der Waals surface area (Å²) >= 11 is 0. The van der Waals surface area contributed by atoms with Crippen molar-refractivity contribution in [1.82, 2.24) is 5.32 Å². The Kier molecular flexibility index (Phi) is 4.49. The number of nitrogens with one attached hydrogen (secondary N) is 2. The Bertz CT molecular complexity index is 516. The molecule has 0 bridgehead atoms. The van der Waals surface area contributed by atoms with Crippen molar-refractivity contribution in [3.8, 4) is 0 Å². The molecule has 1 saturated carbocycles. The van der Waals surface area contributed by atoms with E-state index in [1.165, 1.54) is 12.5 Å². The summed E-state index contributed by atoms with van der Waals surface area (Å²) in [4.78, 5) is 21.4. The molecule has 2 N–H and O–H groups in total. The van der Waals surface area contributed by atoms with Crippen molar-refractivity contribution in [2.45, 2.75) is 38.1 Å². The Morgan fingerprint density at radius 3 is 2.60 bits per heavy atom. The lowest BCUT2D eigenvalue weighted by Crippen LogP contribution is -2.39. The molecule has 0 atom stereocenters. The lowest BCUT2D eigenvalue weighted by molar-refractivity contribution is -0.387. The number of carbonyl (C=O) groups is 1. The van der Waals surface area contributed by atoms with E-state index in [1.54, 1.807) is 0 Å². The molecule has 0 aromatic heterocycles. The first kappa shape index (κ1) is 14.2. The second-order valence-corrected chi connectivity index (χ2v) is 4.86. The summed E-state index contributed by atoms with van der Waals surface area (Å²) in [6.45, 7) is 0.